The first-order valence-electron chi connectivity index (χ1n) is 5.15. The summed E-state index contributed by atoms with van der Waals surface area (Å²) in [7, 11) is 1.88. The van der Waals surface area contributed by atoms with Crippen LogP contribution >= 0.6 is 23.4 Å². The third kappa shape index (κ3) is 3.06. The molecule has 0 radical (unpaired) electrons. The van der Waals surface area contributed by atoms with Gasteiger partial charge in [-0.2, -0.15) is 11.8 Å². The molecule has 1 aliphatic rings. The largest absolute Gasteiger partial charge is 0.341 e. The van der Waals surface area contributed by atoms with Crippen molar-refractivity contribution in [1.29, 1.82) is 0 Å². The van der Waals surface area contributed by atoms with Gasteiger partial charge in [0.15, 0.2) is 0 Å². The average Bonchev–Trinajstić information content (AvgIpc) is 2.27. The van der Waals surface area contributed by atoms with E-state index in [-0.39, 0.29) is 11.3 Å². The van der Waals surface area contributed by atoms with Crippen LogP contribution in [0.4, 0.5) is 0 Å². The van der Waals surface area contributed by atoms with Crippen LogP contribution in [0.3, 0.4) is 0 Å². The van der Waals surface area contributed by atoms with Gasteiger partial charge in [0.1, 0.15) is 5.38 Å². The summed E-state index contributed by atoms with van der Waals surface area (Å²) >= 11 is 7.90. The highest BCUT2D eigenvalue weighted by Gasteiger charge is 2.25. The van der Waals surface area contributed by atoms with E-state index < -0.39 is 0 Å². The number of hydrogen-bond acceptors (Lipinski definition) is 2. The van der Waals surface area contributed by atoms with Crippen molar-refractivity contribution >= 4 is 29.3 Å². The Bertz CT molecular complexity index is 195. The normalized spacial score (nSPS) is 20.5. The predicted molar refractivity (Wildman–Crippen MR) is 63.0 cm³/mol. The Balaban J connectivity index is 2.45. The van der Waals surface area contributed by atoms with Crippen LogP contribution in [0.25, 0.3) is 0 Å². The molecule has 0 aliphatic carbocycles. The van der Waals surface area contributed by atoms with E-state index in [1.54, 1.807) is 0 Å². The van der Waals surface area contributed by atoms with Gasteiger partial charge in [-0.1, -0.05) is 6.92 Å². The molecule has 0 N–H and O–H groups in total. The van der Waals surface area contributed by atoms with E-state index in [0.717, 1.165) is 12.8 Å². The highest BCUT2D eigenvalue weighted by molar-refractivity contribution is 7.99. The third-order valence-electron chi connectivity index (χ3n) is 2.71. The van der Waals surface area contributed by atoms with Crippen molar-refractivity contribution in [3.8, 4) is 0 Å². The smallest absolute Gasteiger partial charge is 0.240 e. The zero-order valence-electron chi connectivity index (χ0n) is 8.83. The van der Waals surface area contributed by atoms with Gasteiger partial charge in [-0.15, -0.1) is 11.6 Å². The molecule has 1 saturated heterocycles. The lowest BCUT2D eigenvalue weighted by Crippen LogP contribution is -2.42. The van der Waals surface area contributed by atoms with E-state index in [9.17, 15) is 4.79 Å². The first-order chi connectivity index (χ1) is 6.66. The molecule has 0 aromatic rings. The lowest BCUT2D eigenvalue weighted by atomic mass is 10.1. The zero-order chi connectivity index (χ0) is 10.6. The Hall–Kier alpha value is 0.110. The predicted octanol–water partition coefficient (Wildman–Crippen LogP) is 2.36. The Labute approximate surface area is 95.4 Å². The lowest BCUT2D eigenvalue weighted by molar-refractivity contribution is -0.131. The summed E-state index contributed by atoms with van der Waals surface area (Å²) in [5.41, 5.74) is 0. The van der Waals surface area contributed by atoms with Crippen molar-refractivity contribution in [1.82, 2.24) is 4.90 Å². The topological polar surface area (TPSA) is 20.3 Å². The number of amides is 1. The highest BCUT2D eigenvalue weighted by atomic mass is 35.5. The molecule has 0 aromatic carbocycles. The van der Waals surface area contributed by atoms with Crippen molar-refractivity contribution < 1.29 is 4.79 Å². The Morgan fingerprint density at radius 1 is 1.57 bits per heavy atom. The van der Waals surface area contributed by atoms with Crippen LogP contribution in [0.5, 0.6) is 0 Å². The lowest BCUT2D eigenvalue weighted by Gasteiger charge is -2.32. The first kappa shape index (κ1) is 12.2. The number of carbonyl (C=O) groups is 1. The van der Waals surface area contributed by atoms with Gasteiger partial charge in [-0.3, -0.25) is 4.79 Å². The Morgan fingerprint density at radius 3 is 2.64 bits per heavy atom. The molecule has 0 saturated carbocycles. The van der Waals surface area contributed by atoms with Crippen molar-refractivity contribution in [2.75, 3.05) is 18.6 Å². The van der Waals surface area contributed by atoms with Crippen LogP contribution in [0, 0.1) is 0 Å². The molecule has 1 rings (SSSR count). The minimum Gasteiger partial charge on any atom is -0.341 e. The van der Waals surface area contributed by atoms with Crippen molar-refractivity contribution in [2.24, 2.45) is 0 Å². The van der Waals surface area contributed by atoms with Crippen molar-refractivity contribution in [3.63, 3.8) is 0 Å². The summed E-state index contributed by atoms with van der Waals surface area (Å²) in [5.74, 6) is 2.42. The van der Waals surface area contributed by atoms with Crippen LogP contribution in [0.15, 0.2) is 0 Å². The molecule has 4 heteroatoms. The molecule has 82 valence electrons. The van der Waals surface area contributed by atoms with Crippen molar-refractivity contribution in [3.05, 3.63) is 0 Å². The van der Waals surface area contributed by atoms with Gasteiger partial charge in [-0.25, -0.2) is 0 Å². The summed E-state index contributed by atoms with van der Waals surface area (Å²) < 4.78 is 0. The number of thioether (sulfide) groups is 1. The molecule has 1 unspecified atom stereocenters. The number of alkyl halides is 1. The molecule has 1 fully saturated rings. The van der Waals surface area contributed by atoms with Gasteiger partial charge in [0, 0.05) is 13.1 Å². The maximum absolute atomic E-state index is 11.8. The van der Waals surface area contributed by atoms with Crippen LogP contribution in [0.1, 0.15) is 26.2 Å². The van der Waals surface area contributed by atoms with Gasteiger partial charge in [0.2, 0.25) is 5.91 Å². The summed E-state index contributed by atoms with van der Waals surface area (Å²) in [6, 6.07) is 0.413. The maximum Gasteiger partial charge on any atom is 0.240 e. The van der Waals surface area contributed by atoms with Crippen LogP contribution in [-0.4, -0.2) is 40.8 Å². The second-order valence-electron chi connectivity index (χ2n) is 3.67. The molecule has 1 aliphatic heterocycles. The van der Waals surface area contributed by atoms with Crippen LogP contribution in [0.2, 0.25) is 0 Å². The summed E-state index contributed by atoms with van der Waals surface area (Å²) in [6.07, 6.45) is 2.94. The monoisotopic (exact) mass is 235 g/mol. The number of nitrogens with zero attached hydrogens (tertiary/aromatic N) is 1. The molecule has 2 nitrogen and oxygen atoms in total. The molecular formula is C10H18ClNOS. The van der Waals surface area contributed by atoms with Crippen LogP contribution in [-0.2, 0) is 4.79 Å². The molecule has 1 amide bonds. The molecule has 1 heterocycles. The van der Waals surface area contributed by atoms with E-state index >= 15 is 0 Å². The highest BCUT2D eigenvalue weighted by Crippen LogP contribution is 2.22. The first-order valence-corrected chi connectivity index (χ1v) is 6.74. The van der Waals surface area contributed by atoms with E-state index in [2.05, 4.69) is 0 Å². The minimum absolute atomic E-state index is 0.0890. The second kappa shape index (κ2) is 5.86. The number of halogens is 1. The fourth-order valence-corrected chi connectivity index (χ4v) is 2.88. The quantitative estimate of drug-likeness (QED) is 0.700. The minimum atomic E-state index is -0.338. The van der Waals surface area contributed by atoms with E-state index in [1.165, 1.54) is 11.5 Å². The number of hydrogen-bond donors (Lipinski definition) is 0. The van der Waals surface area contributed by atoms with Gasteiger partial charge >= 0.3 is 0 Å². The maximum atomic E-state index is 11.8. The standard InChI is InChI=1S/C10H18ClNOS/c1-3-9(11)10(13)12(2)8-4-6-14-7-5-8/h8-9H,3-7H2,1-2H3. The molecule has 0 spiro atoms. The molecular weight excluding hydrogens is 218 g/mol. The van der Waals surface area contributed by atoms with E-state index in [0.29, 0.717) is 12.5 Å². The van der Waals surface area contributed by atoms with E-state index in [4.69, 9.17) is 11.6 Å². The van der Waals surface area contributed by atoms with E-state index in [1.807, 2.05) is 30.6 Å². The summed E-state index contributed by atoms with van der Waals surface area (Å²) in [6.45, 7) is 1.94. The second-order valence-corrected chi connectivity index (χ2v) is 5.42. The number of rotatable bonds is 3. The van der Waals surface area contributed by atoms with Gasteiger partial charge < -0.3 is 4.90 Å². The molecule has 0 bridgehead atoms. The molecule has 0 aromatic heterocycles. The summed E-state index contributed by atoms with van der Waals surface area (Å²) in [4.78, 5) is 13.6. The molecule has 14 heavy (non-hydrogen) atoms. The zero-order valence-corrected chi connectivity index (χ0v) is 10.4. The number of carbonyl (C=O) groups excluding carboxylic acids is 1. The van der Waals surface area contributed by atoms with Crippen molar-refractivity contribution in [2.45, 2.75) is 37.6 Å². The Kier molecular flexibility index (Phi) is 5.10. The van der Waals surface area contributed by atoms with Crippen LogP contribution < -0.4 is 0 Å². The Morgan fingerprint density at radius 2 is 2.14 bits per heavy atom. The van der Waals surface area contributed by atoms with Gasteiger partial charge in [0.05, 0.1) is 0 Å². The fourth-order valence-electron chi connectivity index (χ4n) is 1.65. The average molecular weight is 236 g/mol. The fraction of sp³-hybridized carbons (Fsp3) is 0.900. The molecule has 1 atom stereocenters. The van der Waals surface area contributed by atoms with Gasteiger partial charge in [0.25, 0.3) is 0 Å². The van der Waals surface area contributed by atoms with Gasteiger partial charge in [-0.05, 0) is 30.8 Å². The third-order valence-corrected chi connectivity index (χ3v) is 4.26. The summed E-state index contributed by atoms with van der Waals surface area (Å²) in [5, 5.41) is -0.338. The SMILES string of the molecule is CCC(Cl)C(=O)N(C)C1CCSCC1.